The molecule has 176 valence electrons. The molecule has 0 amide bonds. The van der Waals surface area contributed by atoms with Crippen molar-refractivity contribution in [2.75, 3.05) is 40.7 Å². The van der Waals surface area contributed by atoms with Crippen LogP contribution in [0.15, 0.2) is 35.3 Å². The normalized spacial score (nSPS) is 12.9. The Morgan fingerprint density at radius 2 is 2.00 bits per heavy atom. The van der Waals surface area contributed by atoms with Gasteiger partial charge in [-0.05, 0) is 42.7 Å². The second-order valence-electron chi connectivity index (χ2n) is 7.22. The maximum absolute atomic E-state index is 13.9. The van der Waals surface area contributed by atoms with Gasteiger partial charge < -0.3 is 29.6 Å². The summed E-state index contributed by atoms with van der Waals surface area (Å²) in [7, 11) is 3.36. The average Bonchev–Trinajstić information content (AvgIpc) is 2.77. The maximum atomic E-state index is 13.9. The monoisotopic (exact) mass is 559 g/mol. The smallest absolute Gasteiger partial charge is 0.191 e. The van der Waals surface area contributed by atoms with E-state index < -0.39 is 0 Å². The Hall–Kier alpha value is -2.11. The Balaban J connectivity index is 0.00000363. The lowest BCUT2D eigenvalue weighted by Gasteiger charge is -2.21. The van der Waals surface area contributed by atoms with Gasteiger partial charge in [0.25, 0.3) is 0 Å². The fraction of sp³-hybridized carbons (Fsp3) is 0.435. The van der Waals surface area contributed by atoms with Gasteiger partial charge in [0, 0.05) is 38.4 Å². The molecule has 0 unspecified atom stereocenters. The van der Waals surface area contributed by atoms with E-state index in [0.717, 1.165) is 33.8 Å². The minimum absolute atomic E-state index is 0. The Kier molecular flexibility index (Phi) is 11.0. The minimum atomic E-state index is -0.286. The molecule has 0 radical (unpaired) electrons. The molecule has 3 rings (SSSR count). The highest BCUT2D eigenvalue weighted by molar-refractivity contribution is 14.0. The first-order chi connectivity index (χ1) is 15.1. The predicted molar refractivity (Wildman–Crippen MR) is 133 cm³/mol. The van der Waals surface area contributed by atoms with Crippen LogP contribution in [0.4, 0.5) is 4.39 Å². The number of nitrogens with one attached hydrogen (secondary N) is 2. The van der Waals surface area contributed by atoms with Gasteiger partial charge in [0.1, 0.15) is 23.9 Å². The number of guanidine groups is 1. The van der Waals surface area contributed by atoms with Gasteiger partial charge in [-0.1, -0.05) is 12.1 Å². The quantitative estimate of drug-likeness (QED) is 0.212. The van der Waals surface area contributed by atoms with E-state index in [1.807, 2.05) is 25.1 Å². The molecule has 9 heteroatoms. The lowest BCUT2D eigenvalue weighted by atomic mass is 10.1. The lowest BCUT2D eigenvalue weighted by molar-refractivity contribution is -0.0172. The van der Waals surface area contributed by atoms with Crippen LogP contribution >= 0.6 is 24.0 Å². The number of benzene rings is 2. The molecule has 1 aliphatic rings. The number of methoxy groups -OCH3 is 1. The molecule has 2 N–H and O–H groups in total. The molecule has 0 aliphatic carbocycles. The maximum Gasteiger partial charge on any atom is 0.191 e. The Bertz CT molecular complexity index is 911. The molecule has 0 bridgehead atoms. The van der Waals surface area contributed by atoms with Crippen molar-refractivity contribution in [1.29, 1.82) is 0 Å². The Morgan fingerprint density at radius 3 is 2.78 bits per heavy atom. The molecule has 0 saturated carbocycles. The van der Waals surface area contributed by atoms with E-state index in [-0.39, 0.29) is 36.6 Å². The molecular weight excluding hydrogens is 528 g/mol. The van der Waals surface area contributed by atoms with E-state index >= 15 is 0 Å². The molecule has 0 spiro atoms. The van der Waals surface area contributed by atoms with E-state index in [1.54, 1.807) is 14.2 Å². The van der Waals surface area contributed by atoms with E-state index in [9.17, 15) is 4.39 Å². The molecule has 1 heterocycles. The van der Waals surface area contributed by atoms with Gasteiger partial charge in [0.2, 0.25) is 0 Å². The Morgan fingerprint density at radius 1 is 1.16 bits per heavy atom. The summed E-state index contributed by atoms with van der Waals surface area (Å²) in [5, 5.41) is 6.56. The minimum Gasteiger partial charge on any atom is -0.491 e. The second kappa shape index (κ2) is 13.4. The van der Waals surface area contributed by atoms with Gasteiger partial charge in [-0.25, -0.2) is 4.39 Å². The molecule has 0 saturated heterocycles. The van der Waals surface area contributed by atoms with Gasteiger partial charge in [-0.15, -0.1) is 24.0 Å². The van der Waals surface area contributed by atoms with Crippen molar-refractivity contribution in [2.24, 2.45) is 4.99 Å². The van der Waals surface area contributed by atoms with E-state index in [1.165, 1.54) is 12.1 Å². The zero-order chi connectivity index (χ0) is 22.1. The summed E-state index contributed by atoms with van der Waals surface area (Å²) < 4.78 is 35.6. The second-order valence-corrected chi connectivity index (χ2v) is 7.22. The first-order valence-corrected chi connectivity index (χ1v) is 10.3. The molecule has 7 nitrogen and oxygen atoms in total. The standard InChI is InChI=1S/C23H30FN3O4.HI/c1-16-4-5-18(21(10-16)30-9-8-28-3)13-27-23(25-2)26-7-6-17-11-20(24)12-19-14-29-15-31-22(17)19;/h4-5,10-12H,6-9,13-15H2,1-3H3,(H2,25,26,27);1H. The predicted octanol–water partition coefficient (Wildman–Crippen LogP) is 3.55. The number of hydrogen-bond donors (Lipinski definition) is 2. The molecule has 1 aliphatic heterocycles. The highest BCUT2D eigenvalue weighted by Crippen LogP contribution is 2.29. The SMILES string of the molecule is CN=C(NCCc1cc(F)cc2c1OCOC2)NCc1ccc(C)cc1OCCOC.I. The van der Waals surface area contributed by atoms with Crippen LogP contribution < -0.4 is 20.1 Å². The third kappa shape index (κ3) is 7.49. The summed E-state index contributed by atoms with van der Waals surface area (Å²) in [5.41, 5.74) is 3.71. The number of halogens is 2. The number of fused-ring (bicyclic) bond motifs is 1. The van der Waals surface area contributed by atoms with Gasteiger partial charge in [-0.2, -0.15) is 0 Å². The van der Waals surface area contributed by atoms with Crippen LogP contribution in [0.2, 0.25) is 0 Å². The zero-order valence-electron chi connectivity index (χ0n) is 18.7. The summed E-state index contributed by atoms with van der Waals surface area (Å²) >= 11 is 0. The van der Waals surface area contributed by atoms with Crippen LogP contribution in [-0.2, 0) is 29.0 Å². The molecule has 0 fully saturated rings. The van der Waals surface area contributed by atoms with E-state index in [0.29, 0.717) is 45.3 Å². The first kappa shape index (κ1) is 26.1. The summed E-state index contributed by atoms with van der Waals surface area (Å²) in [5.74, 6) is 1.91. The number of ether oxygens (including phenoxy) is 4. The van der Waals surface area contributed by atoms with Crippen LogP contribution in [-0.4, -0.2) is 46.7 Å². The lowest BCUT2D eigenvalue weighted by Crippen LogP contribution is -2.38. The van der Waals surface area contributed by atoms with Gasteiger partial charge in [0.15, 0.2) is 12.8 Å². The first-order valence-electron chi connectivity index (χ1n) is 10.3. The number of rotatable bonds is 9. The third-order valence-electron chi connectivity index (χ3n) is 4.88. The highest BCUT2D eigenvalue weighted by Gasteiger charge is 2.17. The van der Waals surface area contributed by atoms with E-state index in [4.69, 9.17) is 18.9 Å². The van der Waals surface area contributed by atoms with Gasteiger partial charge in [0.05, 0.1) is 13.2 Å². The summed E-state index contributed by atoms with van der Waals surface area (Å²) in [4.78, 5) is 4.27. The van der Waals surface area contributed by atoms with Crippen molar-refractivity contribution in [3.63, 3.8) is 0 Å². The van der Waals surface area contributed by atoms with Crippen molar-refractivity contribution in [2.45, 2.75) is 26.5 Å². The van der Waals surface area contributed by atoms with Crippen LogP contribution in [0.3, 0.4) is 0 Å². The number of hydrogen-bond acceptors (Lipinski definition) is 5. The number of nitrogens with zero attached hydrogens (tertiary/aromatic N) is 1. The topological polar surface area (TPSA) is 73.3 Å². The van der Waals surface area contributed by atoms with Gasteiger partial charge in [-0.3, -0.25) is 4.99 Å². The van der Waals surface area contributed by atoms with Crippen LogP contribution in [0.5, 0.6) is 11.5 Å². The average molecular weight is 559 g/mol. The molecular formula is C23H31FIN3O4. The van der Waals surface area contributed by atoms with Gasteiger partial charge >= 0.3 is 0 Å². The molecule has 0 atom stereocenters. The number of aryl methyl sites for hydroxylation is 1. The van der Waals surface area contributed by atoms with Crippen molar-refractivity contribution >= 4 is 29.9 Å². The fourth-order valence-corrected chi connectivity index (χ4v) is 3.33. The summed E-state index contributed by atoms with van der Waals surface area (Å²) in [6.45, 7) is 4.73. The zero-order valence-corrected chi connectivity index (χ0v) is 21.0. The molecule has 2 aromatic carbocycles. The molecule has 32 heavy (non-hydrogen) atoms. The van der Waals surface area contributed by atoms with Crippen molar-refractivity contribution in [1.82, 2.24) is 10.6 Å². The van der Waals surface area contributed by atoms with Crippen LogP contribution in [0.25, 0.3) is 0 Å². The fourth-order valence-electron chi connectivity index (χ4n) is 3.33. The van der Waals surface area contributed by atoms with E-state index in [2.05, 4.69) is 15.6 Å². The van der Waals surface area contributed by atoms with Crippen LogP contribution in [0.1, 0.15) is 22.3 Å². The van der Waals surface area contributed by atoms with Crippen molar-refractivity contribution in [3.8, 4) is 11.5 Å². The van der Waals surface area contributed by atoms with Crippen molar-refractivity contribution < 1.29 is 23.3 Å². The van der Waals surface area contributed by atoms with Crippen LogP contribution in [0, 0.1) is 12.7 Å². The number of aliphatic imine (C=N–C) groups is 1. The molecule has 2 aromatic rings. The largest absolute Gasteiger partial charge is 0.491 e. The third-order valence-corrected chi connectivity index (χ3v) is 4.88. The summed E-state index contributed by atoms with van der Waals surface area (Å²) in [6, 6.07) is 9.07. The molecule has 0 aromatic heterocycles. The Labute approximate surface area is 205 Å². The van der Waals surface area contributed by atoms with Crippen molar-refractivity contribution in [3.05, 3.63) is 58.4 Å². The highest BCUT2D eigenvalue weighted by atomic mass is 127. The summed E-state index contributed by atoms with van der Waals surface area (Å²) in [6.07, 6.45) is 0.594.